The van der Waals surface area contributed by atoms with E-state index in [9.17, 15) is 33.7 Å². The molecule has 0 unspecified atom stereocenters. The number of alkyl carbamates (subject to hydrolysis) is 1. The molecule has 12 heteroatoms. The molecule has 2 fully saturated rings. The first kappa shape index (κ1) is 29.5. The number of amides is 2. The molecule has 0 saturated carbocycles. The van der Waals surface area contributed by atoms with Crippen LogP contribution in [0.1, 0.15) is 44.7 Å². The smallest absolute Gasteiger partial charge is 0.449 e. The van der Waals surface area contributed by atoms with Crippen LogP contribution in [0.15, 0.2) is 42.0 Å². The first-order chi connectivity index (χ1) is 17.9. The van der Waals surface area contributed by atoms with Gasteiger partial charge in [-0.3, -0.25) is 9.69 Å². The van der Waals surface area contributed by atoms with Gasteiger partial charge in [0.25, 0.3) is 11.8 Å². The molecule has 3 rings (SSSR count). The Morgan fingerprint density at radius 1 is 1.32 bits per heavy atom. The topological polar surface area (TPSA) is 126 Å². The summed E-state index contributed by atoms with van der Waals surface area (Å²) < 4.78 is 32.8. The van der Waals surface area contributed by atoms with Gasteiger partial charge in [0, 0.05) is 43.8 Å². The molecule has 2 aliphatic heterocycles. The Morgan fingerprint density at radius 2 is 2.03 bits per heavy atom. The van der Waals surface area contributed by atoms with Crippen LogP contribution in [-0.2, 0) is 9.53 Å². The van der Waals surface area contributed by atoms with Gasteiger partial charge in [0.1, 0.15) is 11.6 Å². The number of hydrogen-bond donors (Lipinski definition) is 3. The van der Waals surface area contributed by atoms with E-state index in [0.717, 1.165) is 0 Å². The third-order valence-corrected chi connectivity index (χ3v) is 7.03. The molecule has 1 aromatic rings. The average Bonchev–Trinajstić information content (AvgIpc) is 3.26. The normalized spacial score (nSPS) is 20.9. The van der Waals surface area contributed by atoms with Crippen LogP contribution in [0, 0.1) is 17.2 Å². The molecule has 2 atom stereocenters. The van der Waals surface area contributed by atoms with Crippen LogP contribution in [0.4, 0.5) is 13.6 Å². The number of hydrogen-bond acceptors (Lipinski definition) is 7. The quantitative estimate of drug-likeness (QED) is 0.254. The number of likely N-dealkylation sites (tertiary alicyclic amines) is 2. The molecule has 38 heavy (non-hydrogen) atoms. The number of piperidine rings is 1. The number of ether oxygens (including phenoxy) is 1. The van der Waals surface area contributed by atoms with Crippen molar-refractivity contribution in [3.05, 3.63) is 47.5 Å². The molecule has 0 aliphatic carbocycles. The van der Waals surface area contributed by atoms with E-state index in [4.69, 9.17) is 4.74 Å². The predicted molar refractivity (Wildman–Crippen MR) is 137 cm³/mol. The molecule has 0 radical (unpaired) electrons. The minimum absolute atomic E-state index is 0.0404. The summed E-state index contributed by atoms with van der Waals surface area (Å²) in [5.74, 6) is -3.41. The Labute approximate surface area is 222 Å². The van der Waals surface area contributed by atoms with E-state index in [0.29, 0.717) is 24.9 Å². The SMILES string of the molecule is CC(C)(C=C(C#N)C(=O)N1CCC[C@@H](COC(=O)N[C@H](CB(O)O)c2ccccc2)C1)N1CCC(F)(F)C1. The molecule has 1 aromatic carbocycles. The average molecular weight is 532 g/mol. The molecule has 0 spiro atoms. The van der Waals surface area contributed by atoms with Crippen molar-refractivity contribution < 1.29 is 33.2 Å². The monoisotopic (exact) mass is 532 g/mol. The van der Waals surface area contributed by atoms with Gasteiger partial charge >= 0.3 is 13.2 Å². The van der Waals surface area contributed by atoms with Crippen LogP contribution in [0.5, 0.6) is 0 Å². The fourth-order valence-corrected chi connectivity index (χ4v) is 4.92. The molecule has 2 saturated heterocycles. The van der Waals surface area contributed by atoms with Crippen molar-refractivity contribution in [2.45, 2.75) is 56.9 Å². The van der Waals surface area contributed by atoms with E-state index < -0.39 is 43.2 Å². The lowest BCUT2D eigenvalue weighted by molar-refractivity contribution is -0.128. The zero-order valence-electron chi connectivity index (χ0n) is 21.8. The lowest BCUT2D eigenvalue weighted by Crippen LogP contribution is -2.45. The molecule has 2 amide bonds. The van der Waals surface area contributed by atoms with Crippen LogP contribution in [0.25, 0.3) is 0 Å². The minimum Gasteiger partial charge on any atom is -0.449 e. The summed E-state index contributed by atoms with van der Waals surface area (Å²) in [5, 5.41) is 31.1. The Kier molecular flexibility index (Phi) is 9.87. The summed E-state index contributed by atoms with van der Waals surface area (Å²) in [6.45, 7) is 3.94. The molecular weight excluding hydrogens is 497 g/mol. The van der Waals surface area contributed by atoms with Crippen LogP contribution in [-0.4, -0.2) is 83.2 Å². The summed E-state index contributed by atoms with van der Waals surface area (Å²) in [5.41, 5.74) is -0.296. The zero-order valence-corrected chi connectivity index (χ0v) is 21.8. The lowest BCUT2D eigenvalue weighted by Gasteiger charge is -2.35. The number of benzene rings is 1. The second-order valence-corrected chi connectivity index (χ2v) is 10.5. The molecule has 0 aromatic heterocycles. The fraction of sp³-hybridized carbons (Fsp3) is 0.577. The van der Waals surface area contributed by atoms with Crippen molar-refractivity contribution in [3.8, 4) is 6.07 Å². The Hall–Kier alpha value is -3.01. The van der Waals surface area contributed by atoms with Gasteiger partial charge < -0.3 is 25.0 Å². The van der Waals surface area contributed by atoms with E-state index in [1.807, 2.05) is 12.1 Å². The van der Waals surface area contributed by atoms with Gasteiger partial charge in [-0.1, -0.05) is 30.3 Å². The Balaban J connectivity index is 1.57. The standard InChI is InChI=1S/C26H35BF2N4O5/c1-25(2,33-12-10-26(28,29)18-33)13-21(15-30)23(34)32-11-6-7-19(16-32)17-38-24(35)31-22(14-27(36)37)20-8-4-3-5-9-20/h3-5,8-9,13,19,22,36-37H,6-7,10-12,14,16-18H2,1-2H3,(H,31,35)/t19-,22-/m1/s1. The van der Waals surface area contributed by atoms with Crippen molar-refractivity contribution in [1.82, 2.24) is 15.1 Å². The first-order valence-electron chi connectivity index (χ1n) is 12.8. The van der Waals surface area contributed by atoms with Crippen molar-refractivity contribution >= 4 is 19.1 Å². The van der Waals surface area contributed by atoms with E-state index in [1.54, 1.807) is 43.0 Å². The predicted octanol–water partition coefficient (Wildman–Crippen LogP) is 2.73. The van der Waals surface area contributed by atoms with Crippen molar-refractivity contribution in [3.63, 3.8) is 0 Å². The zero-order chi connectivity index (χ0) is 27.9. The fourth-order valence-electron chi connectivity index (χ4n) is 4.92. The summed E-state index contributed by atoms with van der Waals surface area (Å²) >= 11 is 0. The number of rotatable bonds is 9. The largest absolute Gasteiger partial charge is 0.453 e. The third-order valence-electron chi connectivity index (χ3n) is 7.03. The number of halogens is 2. The Morgan fingerprint density at radius 3 is 2.63 bits per heavy atom. The number of carbonyl (C=O) groups is 2. The van der Waals surface area contributed by atoms with Crippen LogP contribution in [0.2, 0.25) is 6.32 Å². The molecule has 9 nitrogen and oxygen atoms in total. The van der Waals surface area contributed by atoms with Gasteiger partial charge in [0.15, 0.2) is 0 Å². The summed E-state index contributed by atoms with van der Waals surface area (Å²) in [6, 6.07) is 10.2. The highest BCUT2D eigenvalue weighted by Gasteiger charge is 2.43. The van der Waals surface area contributed by atoms with Gasteiger partial charge in [0.2, 0.25) is 0 Å². The molecule has 2 aliphatic rings. The number of alkyl halides is 2. The van der Waals surface area contributed by atoms with Crippen molar-refractivity contribution in [2.24, 2.45) is 5.92 Å². The highest BCUT2D eigenvalue weighted by Crippen LogP contribution is 2.33. The van der Waals surface area contributed by atoms with Gasteiger partial charge in [-0.2, -0.15) is 5.26 Å². The molecule has 3 N–H and O–H groups in total. The van der Waals surface area contributed by atoms with E-state index >= 15 is 0 Å². The molecule has 206 valence electrons. The van der Waals surface area contributed by atoms with Crippen molar-refractivity contribution in [1.29, 1.82) is 5.26 Å². The number of nitriles is 1. The van der Waals surface area contributed by atoms with Crippen LogP contribution in [0.3, 0.4) is 0 Å². The van der Waals surface area contributed by atoms with Gasteiger partial charge in [-0.05, 0) is 38.3 Å². The molecular formula is C26H35BF2N4O5. The summed E-state index contributed by atoms with van der Waals surface area (Å²) in [4.78, 5) is 28.7. The van der Waals surface area contributed by atoms with Gasteiger partial charge in [-0.15, -0.1) is 0 Å². The minimum atomic E-state index is -2.78. The highest BCUT2D eigenvalue weighted by molar-refractivity contribution is 6.41. The van der Waals surface area contributed by atoms with Crippen LogP contribution >= 0.6 is 0 Å². The molecule has 2 heterocycles. The second-order valence-electron chi connectivity index (χ2n) is 10.5. The lowest BCUT2D eigenvalue weighted by atomic mass is 9.79. The highest BCUT2D eigenvalue weighted by atomic mass is 19.3. The summed E-state index contributed by atoms with van der Waals surface area (Å²) in [7, 11) is -1.62. The summed E-state index contributed by atoms with van der Waals surface area (Å²) in [6.07, 6.45) is 1.75. The number of carbonyl (C=O) groups excluding carboxylic acids is 2. The maximum Gasteiger partial charge on any atom is 0.453 e. The van der Waals surface area contributed by atoms with E-state index in [1.165, 1.54) is 11.0 Å². The van der Waals surface area contributed by atoms with Gasteiger partial charge in [0.05, 0.1) is 19.2 Å². The Bertz CT molecular complexity index is 1050. The van der Waals surface area contributed by atoms with Crippen molar-refractivity contribution in [2.75, 3.05) is 32.8 Å². The number of nitrogens with zero attached hydrogens (tertiary/aromatic N) is 3. The second kappa shape index (κ2) is 12.7. The number of nitrogens with one attached hydrogen (secondary N) is 1. The maximum absolute atomic E-state index is 13.7. The van der Waals surface area contributed by atoms with Gasteiger partial charge in [-0.25, -0.2) is 13.6 Å². The maximum atomic E-state index is 13.7. The third kappa shape index (κ3) is 8.25. The van der Waals surface area contributed by atoms with E-state index in [-0.39, 0.29) is 43.9 Å². The first-order valence-corrected chi connectivity index (χ1v) is 12.8. The van der Waals surface area contributed by atoms with Crippen LogP contribution < -0.4 is 5.32 Å². The molecule has 0 bridgehead atoms. The van der Waals surface area contributed by atoms with E-state index in [2.05, 4.69) is 5.32 Å².